The highest BCUT2D eigenvalue weighted by molar-refractivity contribution is 6.37. The van der Waals surface area contributed by atoms with Crippen molar-refractivity contribution in [3.8, 4) is 5.75 Å². The fourth-order valence-electron chi connectivity index (χ4n) is 4.56. The number of nitrogens with two attached hydrogens (primary N) is 1. The topological polar surface area (TPSA) is 79.6 Å². The van der Waals surface area contributed by atoms with Gasteiger partial charge in [0.15, 0.2) is 0 Å². The van der Waals surface area contributed by atoms with Crippen LogP contribution in [0.25, 0.3) is 11.3 Å². The van der Waals surface area contributed by atoms with Crippen LogP contribution in [-0.2, 0) is 17.9 Å². The van der Waals surface area contributed by atoms with Crippen LogP contribution in [0.3, 0.4) is 0 Å². The van der Waals surface area contributed by atoms with Crippen molar-refractivity contribution in [2.75, 3.05) is 30.5 Å². The molecule has 0 aromatic heterocycles. The Kier molecular flexibility index (Phi) is 6.92. The summed E-state index contributed by atoms with van der Waals surface area (Å²) in [4.78, 5) is 15.3. The summed E-state index contributed by atoms with van der Waals surface area (Å²) < 4.78 is 5.25. The summed E-state index contributed by atoms with van der Waals surface area (Å²) in [5.74, 6) is 0.713. The average molecular weight is 491 g/mol. The Hall–Kier alpha value is -4.55. The average Bonchev–Trinajstić information content (AvgIpc) is 3.23. The highest BCUT2D eigenvalue weighted by atomic mass is 16.5. The van der Waals surface area contributed by atoms with E-state index in [1.54, 1.807) is 13.2 Å². The number of fused-ring (bicyclic) bond motifs is 1. The largest absolute Gasteiger partial charge is 0.497 e. The van der Waals surface area contributed by atoms with Gasteiger partial charge in [-0.15, -0.1) is 0 Å². The highest BCUT2D eigenvalue weighted by Crippen LogP contribution is 2.38. The molecule has 0 saturated heterocycles. The van der Waals surface area contributed by atoms with Crippen molar-refractivity contribution in [3.05, 3.63) is 119 Å². The minimum absolute atomic E-state index is 0.149. The molecule has 4 aromatic carbocycles. The zero-order valence-electron chi connectivity index (χ0n) is 21.0. The number of amides is 1. The van der Waals surface area contributed by atoms with Gasteiger partial charge in [-0.05, 0) is 66.2 Å². The van der Waals surface area contributed by atoms with Crippen LogP contribution in [0, 0.1) is 0 Å². The molecule has 5 rings (SSSR count). The lowest BCUT2D eigenvalue weighted by atomic mass is 9.99. The van der Waals surface area contributed by atoms with Crippen LogP contribution in [0.2, 0.25) is 0 Å². The Morgan fingerprint density at radius 2 is 1.54 bits per heavy atom. The van der Waals surface area contributed by atoms with Crippen molar-refractivity contribution in [2.45, 2.75) is 13.1 Å². The molecule has 4 N–H and O–H groups in total. The van der Waals surface area contributed by atoms with Crippen molar-refractivity contribution >= 4 is 34.2 Å². The van der Waals surface area contributed by atoms with Crippen molar-refractivity contribution in [1.82, 2.24) is 4.90 Å². The Bertz CT molecular complexity index is 1430. The predicted molar refractivity (Wildman–Crippen MR) is 151 cm³/mol. The number of hydrogen-bond donors (Lipinski definition) is 3. The van der Waals surface area contributed by atoms with Gasteiger partial charge in [-0.1, -0.05) is 54.6 Å². The van der Waals surface area contributed by atoms with Gasteiger partial charge in [-0.2, -0.15) is 0 Å². The molecule has 6 nitrogen and oxygen atoms in total. The fraction of sp³-hybridized carbons (Fsp3) is 0.129. The lowest BCUT2D eigenvalue weighted by molar-refractivity contribution is -0.110. The van der Waals surface area contributed by atoms with Crippen molar-refractivity contribution in [3.63, 3.8) is 0 Å². The molecule has 6 heteroatoms. The number of anilines is 3. The van der Waals surface area contributed by atoms with Crippen LogP contribution in [-0.4, -0.2) is 25.0 Å². The second-order valence-corrected chi connectivity index (χ2v) is 9.22. The first-order chi connectivity index (χ1) is 18.0. The maximum atomic E-state index is 13.0. The molecule has 0 fully saturated rings. The number of nitrogens with zero attached hydrogens (tertiary/aromatic N) is 1. The van der Waals surface area contributed by atoms with Crippen LogP contribution in [0.5, 0.6) is 5.75 Å². The number of nitrogens with one attached hydrogen (secondary N) is 2. The molecule has 186 valence electrons. The SMILES string of the molecule is COc1ccc(CN(C)Cc2ccc(N/C(=C3\C(=O)Nc4ccc(N)cc43)c3ccccc3)cc2)cc1. The van der Waals surface area contributed by atoms with E-state index in [2.05, 4.69) is 46.8 Å². The van der Waals surface area contributed by atoms with Crippen LogP contribution in [0.4, 0.5) is 17.1 Å². The lowest BCUT2D eigenvalue weighted by Gasteiger charge is -2.18. The Morgan fingerprint density at radius 3 is 2.19 bits per heavy atom. The van der Waals surface area contributed by atoms with E-state index in [0.29, 0.717) is 11.3 Å². The number of hydrogen-bond acceptors (Lipinski definition) is 5. The van der Waals surface area contributed by atoms with Crippen LogP contribution in [0.15, 0.2) is 97.1 Å². The number of carbonyl (C=O) groups is 1. The summed E-state index contributed by atoms with van der Waals surface area (Å²) in [6, 6.07) is 31.8. The molecule has 0 saturated carbocycles. The Morgan fingerprint density at radius 1 is 0.892 bits per heavy atom. The first-order valence-corrected chi connectivity index (χ1v) is 12.2. The highest BCUT2D eigenvalue weighted by Gasteiger charge is 2.28. The van der Waals surface area contributed by atoms with Crippen molar-refractivity contribution in [1.29, 1.82) is 0 Å². The molecule has 0 aliphatic carbocycles. The van der Waals surface area contributed by atoms with Crippen LogP contribution in [0.1, 0.15) is 22.3 Å². The van der Waals surface area contributed by atoms with Crippen molar-refractivity contribution in [2.24, 2.45) is 0 Å². The third-order valence-electron chi connectivity index (χ3n) is 6.39. The van der Waals surface area contributed by atoms with E-state index in [1.165, 1.54) is 11.1 Å². The number of rotatable bonds is 8. The molecule has 37 heavy (non-hydrogen) atoms. The molecule has 0 radical (unpaired) electrons. The van der Waals surface area contributed by atoms with Gasteiger partial charge < -0.3 is 21.1 Å². The first-order valence-electron chi connectivity index (χ1n) is 12.2. The predicted octanol–water partition coefficient (Wildman–Crippen LogP) is 5.84. The third-order valence-corrected chi connectivity index (χ3v) is 6.39. The quantitative estimate of drug-likeness (QED) is 0.214. The smallest absolute Gasteiger partial charge is 0.258 e. The molecule has 4 aromatic rings. The Balaban J connectivity index is 1.37. The summed E-state index contributed by atoms with van der Waals surface area (Å²) in [7, 11) is 3.78. The molecular formula is C31H30N4O2. The van der Waals surface area contributed by atoms with E-state index in [4.69, 9.17) is 10.5 Å². The molecule has 1 aliphatic heterocycles. The number of benzene rings is 4. The van der Waals surface area contributed by atoms with E-state index in [0.717, 1.165) is 47.0 Å². The minimum Gasteiger partial charge on any atom is -0.497 e. The number of ether oxygens (including phenoxy) is 1. The molecule has 0 bridgehead atoms. The van der Waals surface area contributed by atoms with Gasteiger partial charge in [-0.3, -0.25) is 9.69 Å². The van der Waals surface area contributed by atoms with E-state index in [-0.39, 0.29) is 5.91 Å². The number of methoxy groups -OCH3 is 1. The third kappa shape index (κ3) is 5.50. The molecule has 1 heterocycles. The monoisotopic (exact) mass is 490 g/mol. The van der Waals surface area contributed by atoms with Gasteiger partial charge in [0.2, 0.25) is 0 Å². The van der Waals surface area contributed by atoms with Crippen molar-refractivity contribution < 1.29 is 9.53 Å². The second kappa shape index (κ2) is 10.6. The lowest BCUT2D eigenvalue weighted by Crippen LogP contribution is -2.17. The molecule has 1 amide bonds. The minimum atomic E-state index is -0.149. The summed E-state index contributed by atoms with van der Waals surface area (Å²) >= 11 is 0. The van der Waals surface area contributed by atoms with Gasteiger partial charge >= 0.3 is 0 Å². The van der Waals surface area contributed by atoms with Gasteiger partial charge in [0.25, 0.3) is 5.91 Å². The molecule has 0 atom stereocenters. The van der Waals surface area contributed by atoms with Crippen LogP contribution < -0.4 is 21.1 Å². The van der Waals surface area contributed by atoms with Gasteiger partial charge in [-0.25, -0.2) is 0 Å². The van der Waals surface area contributed by atoms with Crippen LogP contribution >= 0.6 is 0 Å². The maximum Gasteiger partial charge on any atom is 0.258 e. The fourth-order valence-corrected chi connectivity index (χ4v) is 4.56. The summed E-state index contributed by atoms with van der Waals surface area (Å²) in [6.07, 6.45) is 0. The Labute approximate surface area is 217 Å². The van der Waals surface area contributed by atoms with E-state index in [9.17, 15) is 4.79 Å². The molecule has 0 unspecified atom stereocenters. The second-order valence-electron chi connectivity index (χ2n) is 9.22. The van der Waals surface area contributed by atoms with E-state index < -0.39 is 0 Å². The standard InChI is InChI=1S/C31H30N4O2/c1-35(20-22-10-15-26(37-2)16-11-22)19-21-8-13-25(14-9-21)33-30(23-6-4-3-5-7-23)29-27-18-24(32)12-17-28(27)34-31(29)36/h3-18,33H,19-20,32H2,1-2H3,(H,34,36)/b30-29-. The van der Waals surface area contributed by atoms with Gasteiger partial charge in [0.05, 0.1) is 18.4 Å². The van der Waals surface area contributed by atoms with E-state index >= 15 is 0 Å². The number of nitrogen functional groups attached to an aromatic ring is 1. The molecular weight excluding hydrogens is 460 g/mol. The normalized spacial score (nSPS) is 13.8. The summed E-state index contributed by atoms with van der Waals surface area (Å²) in [5.41, 5.74) is 13.8. The zero-order chi connectivity index (χ0) is 25.8. The molecule has 1 aliphatic rings. The zero-order valence-corrected chi connectivity index (χ0v) is 21.0. The maximum absolute atomic E-state index is 13.0. The first kappa shape index (κ1) is 24.2. The number of carbonyl (C=O) groups excluding carboxylic acids is 1. The van der Waals surface area contributed by atoms with Gasteiger partial charge in [0, 0.05) is 35.7 Å². The molecule has 0 spiro atoms. The summed E-state index contributed by atoms with van der Waals surface area (Å²) in [5, 5.41) is 6.47. The van der Waals surface area contributed by atoms with Gasteiger partial charge in [0.1, 0.15) is 5.75 Å². The van der Waals surface area contributed by atoms with E-state index in [1.807, 2.05) is 66.7 Å². The summed E-state index contributed by atoms with van der Waals surface area (Å²) in [6.45, 7) is 1.65.